The van der Waals surface area contributed by atoms with Crippen LogP contribution in [0.3, 0.4) is 0 Å². The molecule has 0 amide bonds. The first-order valence-corrected chi connectivity index (χ1v) is 9.13. The van der Waals surface area contributed by atoms with Gasteiger partial charge in [-0.2, -0.15) is 0 Å². The predicted molar refractivity (Wildman–Crippen MR) is 109 cm³/mol. The summed E-state index contributed by atoms with van der Waals surface area (Å²) in [6, 6.07) is 11.7. The average molecular weight is 354 g/mol. The van der Waals surface area contributed by atoms with Crippen LogP contribution in [-0.2, 0) is 0 Å². The van der Waals surface area contributed by atoms with Gasteiger partial charge in [0.05, 0.1) is 18.1 Å². The second-order valence-electron chi connectivity index (χ2n) is 7.09. The van der Waals surface area contributed by atoms with Crippen molar-refractivity contribution in [3.63, 3.8) is 0 Å². The molecule has 0 spiro atoms. The molecule has 0 heterocycles. The first-order valence-electron chi connectivity index (χ1n) is 9.13. The van der Waals surface area contributed by atoms with Crippen LogP contribution in [0.1, 0.15) is 43.6 Å². The minimum atomic E-state index is -0.492. The molecule has 0 aliphatic heterocycles. The Morgan fingerprint density at radius 3 is 2.54 bits per heavy atom. The number of hydrogen-bond donors (Lipinski definition) is 1. The zero-order valence-corrected chi connectivity index (χ0v) is 16.7. The molecular formula is C22H30N2O2. The topological polar surface area (TPSA) is 45.1 Å². The predicted octanol–water partition coefficient (Wildman–Crippen LogP) is 5.40. The molecule has 1 unspecified atom stereocenters. The maximum atomic E-state index is 10.3. The molecule has 2 aromatic carbocycles. The zero-order chi connectivity index (χ0) is 19.3. The van der Waals surface area contributed by atoms with Gasteiger partial charge >= 0.3 is 0 Å². The summed E-state index contributed by atoms with van der Waals surface area (Å²) in [4.78, 5) is 6.59. The third kappa shape index (κ3) is 5.09. The van der Waals surface area contributed by atoms with Gasteiger partial charge in [0.25, 0.3) is 0 Å². The van der Waals surface area contributed by atoms with Gasteiger partial charge in [0.1, 0.15) is 11.5 Å². The highest BCUT2D eigenvalue weighted by Crippen LogP contribution is 2.33. The summed E-state index contributed by atoms with van der Waals surface area (Å²) < 4.78 is 6.09. The molecule has 0 bridgehead atoms. The molecule has 0 aliphatic rings. The molecule has 26 heavy (non-hydrogen) atoms. The Balaban J connectivity index is 2.24. The largest absolute Gasteiger partial charge is 0.457 e. The summed E-state index contributed by atoms with van der Waals surface area (Å²) >= 11 is 0. The molecule has 140 valence electrons. The number of ether oxygens (including phenoxy) is 1. The minimum absolute atomic E-state index is 0.160. The third-order valence-electron chi connectivity index (χ3n) is 4.45. The van der Waals surface area contributed by atoms with E-state index in [0.717, 1.165) is 40.4 Å². The highest BCUT2D eigenvalue weighted by Gasteiger charge is 2.13. The molecule has 1 atom stereocenters. The highest BCUT2D eigenvalue weighted by molar-refractivity contribution is 5.64. The molecule has 0 radical (unpaired) electrons. The van der Waals surface area contributed by atoms with Gasteiger partial charge in [-0.1, -0.05) is 26.0 Å². The molecule has 0 aromatic heterocycles. The Labute approximate surface area is 157 Å². The van der Waals surface area contributed by atoms with E-state index in [0.29, 0.717) is 0 Å². The molecule has 0 saturated heterocycles. The van der Waals surface area contributed by atoms with Crippen LogP contribution in [0, 0.1) is 19.8 Å². The number of benzene rings is 2. The van der Waals surface area contributed by atoms with Crippen molar-refractivity contribution in [3.8, 4) is 11.5 Å². The van der Waals surface area contributed by atoms with Crippen molar-refractivity contribution in [2.75, 3.05) is 13.6 Å². The van der Waals surface area contributed by atoms with E-state index in [-0.39, 0.29) is 5.92 Å². The molecule has 0 fully saturated rings. The summed E-state index contributed by atoms with van der Waals surface area (Å²) in [7, 11) is 2.00. The van der Waals surface area contributed by atoms with Crippen molar-refractivity contribution >= 4 is 12.0 Å². The Kier molecular flexibility index (Phi) is 6.81. The van der Waals surface area contributed by atoms with Crippen molar-refractivity contribution in [3.05, 3.63) is 53.1 Å². The molecule has 1 N–H and O–H groups in total. The van der Waals surface area contributed by atoms with Gasteiger partial charge in [-0.05, 0) is 67.6 Å². The smallest absolute Gasteiger partial charge is 0.130 e. The standard InChI is InChI=1S/C22H30N2O2/c1-7-24(6)14-23-20-11-17(5)21(12-16(20)4)26-19-10-8-9-18(13-19)22(25)15(2)3/h8-15,22,25H,7H2,1-6H3. The lowest BCUT2D eigenvalue weighted by Crippen LogP contribution is -2.14. The second-order valence-corrected chi connectivity index (χ2v) is 7.09. The molecule has 0 saturated carbocycles. The SMILES string of the molecule is CCN(C)C=Nc1cc(C)c(Oc2cccc(C(O)C(C)C)c2)cc1C. The highest BCUT2D eigenvalue weighted by atomic mass is 16.5. The zero-order valence-electron chi connectivity index (χ0n) is 16.7. The quantitative estimate of drug-likeness (QED) is 0.535. The van der Waals surface area contributed by atoms with Crippen LogP contribution in [0.5, 0.6) is 11.5 Å². The Morgan fingerprint density at radius 2 is 1.88 bits per heavy atom. The lowest BCUT2D eigenvalue weighted by molar-refractivity contribution is 0.126. The summed E-state index contributed by atoms with van der Waals surface area (Å²) in [6.45, 7) is 11.1. The maximum Gasteiger partial charge on any atom is 0.130 e. The van der Waals surface area contributed by atoms with E-state index in [1.807, 2.05) is 82.4 Å². The van der Waals surface area contributed by atoms with Gasteiger partial charge in [0.2, 0.25) is 0 Å². The van der Waals surface area contributed by atoms with Crippen molar-refractivity contribution in [1.82, 2.24) is 4.90 Å². The fraction of sp³-hybridized carbons (Fsp3) is 0.409. The van der Waals surface area contributed by atoms with Crippen LogP contribution in [0.2, 0.25) is 0 Å². The number of rotatable bonds is 7. The van der Waals surface area contributed by atoms with E-state index in [9.17, 15) is 5.11 Å². The van der Waals surface area contributed by atoms with Crippen molar-refractivity contribution in [1.29, 1.82) is 0 Å². The fourth-order valence-corrected chi connectivity index (χ4v) is 2.54. The second kappa shape index (κ2) is 8.86. The Morgan fingerprint density at radius 1 is 1.15 bits per heavy atom. The van der Waals surface area contributed by atoms with Crippen molar-refractivity contribution < 1.29 is 9.84 Å². The summed E-state index contributed by atoms with van der Waals surface area (Å²) in [6.07, 6.45) is 1.35. The number of aliphatic hydroxyl groups is 1. The van der Waals surface area contributed by atoms with Gasteiger partial charge in [-0.25, -0.2) is 4.99 Å². The molecule has 4 heteroatoms. The van der Waals surface area contributed by atoms with E-state index in [1.54, 1.807) is 0 Å². The first-order chi connectivity index (χ1) is 12.3. The Hall–Kier alpha value is -2.33. The number of nitrogens with zero attached hydrogens (tertiary/aromatic N) is 2. The normalized spacial score (nSPS) is 12.6. The van der Waals surface area contributed by atoms with Crippen LogP contribution in [-0.4, -0.2) is 29.9 Å². The average Bonchev–Trinajstić information content (AvgIpc) is 2.62. The van der Waals surface area contributed by atoms with E-state index < -0.39 is 6.10 Å². The van der Waals surface area contributed by atoms with Crippen LogP contribution in [0.25, 0.3) is 0 Å². The van der Waals surface area contributed by atoms with Crippen LogP contribution < -0.4 is 4.74 Å². The minimum Gasteiger partial charge on any atom is -0.457 e. The monoisotopic (exact) mass is 354 g/mol. The lowest BCUT2D eigenvalue weighted by atomic mass is 9.99. The molecule has 2 rings (SSSR count). The third-order valence-corrected chi connectivity index (χ3v) is 4.45. The number of aryl methyl sites for hydroxylation is 2. The number of hydrogen-bond acceptors (Lipinski definition) is 3. The van der Waals surface area contributed by atoms with E-state index in [2.05, 4.69) is 11.9 Å². The van der Waals surface area contributed by atoms with Crippen LogP contribution >= 0.6 is 0 Å². The molecule has 2 aromatic rings. The first kappa shape index (κ1) is 20.0. The number of aliphatic hydroxyl groups excluding tert-OH is 1. The maximum absolute atomic E-state index is 10.3. The van der Waals surface area contributed by atoms with E-state index in [1.165, 1.54) is 0 Å². The Bertz CT molecular complexity index is 769. The summed E-state index contributed by atoms with van der Waals surface area (Å²) in [5.41, 5.74) is 3.90. The van der Waals surface area contributed by atoms with Gasteiger partial charge in [0, 0.05) is 13.6 Å². The van der Waals surface area contributed by atoms with Crippen molar-refractivity contribution in [2.24, 2.45) is 10.9 Å². The fourth-order valence-electron chi connectivity index (χ4n) is 2.54. The van der Waals surface area contributed by atoms with Crippen molar-refractivity contribution in [2.45, 2.75) is 40.7 Å². The van der Waals surface area contributed by atoms with Gasteiger partial charge in [-0.15, -0.1) is 0 Å². The number of aliphatic imine (C=N–C) groups is 1. The summed E-state index contributed by atoms with van der Waals surface area (Å²) in [5.74, 6) is 1.70. The van der Waals surface area contributed by atoms with Crippen LogP contribution in [0.4, 0.5) is 5.69 Å². The molecule has 4 nitrogen and oxygen atoms in total. The molecular weight excluding hydrogens is 324 g/mol. The molecule has 0 aliphatic carbocycles. The lowest BCUT2D eigenvalue weighted by Gasteiger charge is -2.17. The van der Waals surface area contributed by atoms with Gasteiger partial charge in [-0.3, -0.25) is 0 Å². The van der Waals surface area contributed by atoms with E-state index in [4.69, 9.17) is 4.74 Å². The summed E-state index contributed by atoms with van der Waals surface area (Å²) in [5, 5.41) is 10.3. The van der Waals surface area contributed by atoms with Crippen LogP contribution in [0.15, 0.2) is 41.4 Å². The van der Waals surface area contributed by atoms with E-state index >= 15 is 0 Å². The van der Waals surface area contributed by atoms with Gasteiger partial charge < -0.3 is 14.7 Å². The van der Waals surface area contributed by atoms with Gasteiger partial charge in [0.15, 0.2) is 0 Å².